The Morgan fingerprint density at radius 1 is 1.17 bits per heavy atom. The molecule has 0 saturated heterocycles. The minimum atomic E-state index is 0.660. The van der Waals surface area contributed by atoms with Crippen LogP contribution in [-0.2, 0) is 0 Å². The monoisotopic (exact) mass is 163 g/mol. The van der Waals surface area contributed by atoms with Crippen molar-refractivity contribution in [2.75, 3.05) is 0 Å². The predicted molar refractivity (Wildman–Crippen MR) is 52.1 cm³/mol. The zero-order valence-corrected chi connectivity index (χ0v) is 8.12. The molecule has 0 aliphatic carbocycles. The maximum Gasteiger partial charge on any atom is 0.0270 e. The fourth-order valence-corrected chi connectivity index (χ4v) is 1.54. The van der Waals surface area contributed by atoms with Gasteiger partial charge in [-0.2, -0.15) is 0 Å². The van der Waals surface area contributed by atoms with E-state index in [-0.39, 0.29) is 0 Å². The molecule has 0 saturated carbocycles. The van der Waals surface area contributed by atoms with Crippen LogP contribution in [0, 0.1) is 5.92 Å². The van der Waals surface area contributed by atoms with E-state index in [0.29, 0.717) is 5.92 Å². The molecule has 1 heterocycles. The molecule has 1 heteroatoms. The first-order valence-corrected chi connectivity index (χ1v) is 4.60. The Morgan fingerprint density at radius 2 is 1.75 bits per heavy atom. The lowest BCUT2D eigenvalue weighted by Crippen LogP contribution is -1.98. The van der Waals surface area contributed by atoms with Crippen LogP contribution in [0.2, 0.25) is 0 Å². The Bertz CT molecular complexity index is 216. The number of hydrogen-bond donors (Lipinski definition) is 0. The van der Waals surface area contributed by atoms with E-state index in [4.69, 9.17) is 0 Å². The van der Waals surface area contributed by atoms with Gasteiger partial charge in [-0.25, -0.2) is 0 Å². The molecule has 66 valence electrons. The largest absolute Gasteiger partial charge is 0.265 e. The molecule has 1 aromatic heterocycles. The van der Waals surface area contributed by atoms with Gasteiger partial charge in [0.1, 0.15) is 0 Å². The molecule has 0 unspecified atom stereocenters. The lowest BCUT2D eigenvalue weighted by atomic mass is 9.93. The number of nitrogens with zero attached hydrogens (tertiary/aromatic N) is 1. The van der Waals surface area contributed by atoms with Crippen molar-refractivity contribution in [3.63, 3.8) is 0 Å². The third-order valence-electron chi connectivity index (χ3n) is 2.10. The zero-order valence-electron chi connectivity index (χ0n) is 8.12. The molecular weight excluding hydrogens is 146 g/mol. The highest BCUT2D eigenvalue weighted by Crippen LogP contribution is 2.21. The van der Waals surface area contributed by atoms with Gasteiger partial charge in [-0.05, 0) is 36.0 Å². The van der Waals surface area contributed by atoms with E-state index in [1.165, 1.54) is 12.0 Å². The van der Waals surface area contributed by atoms with Gasteiger partial charge in [0.05, 0.1) is 0 Å². The minimum absolute atomic E-state index is 0.660. The van der Waals surface area contributed by atoms with Crippen LogP contribution in [0.4, 0.5) is 0 Å². The second kappa shape index (κ2) is 4.24. The van der Waals surface area contributed by atoms with E-state index in [2.05, 4.69) is 37.9 Å². The molecule has 0 aliphatic rings. The Labute approximate surface area is 74.8 Å². The van der Waals surface area contributed by atoms with Crippen LogP contribution in [0.5, 0.6) is 0 Å². The van der Waals surface area contributed by atoms with Crippen molar-refractivity contribution >= 4 is 0 Å². The molecule has 0 spiro atoms. The van der Waals surface area contributed by atoms with E-state index < -0.39 is 0 Å². The molecule has 0 bridgehead atoms. The number of rotatable bonds is 3. The zero-order chi connectivity index (χ0) is 8.97. The molecule has 0 amide bonds. The molecule has 0 aliphatic heterocycles. The molecular formula is C11H17N. The van der Waals surface area contributed by atoms with E-state index in [1.807, 2.05) is 12.4 Å². The summed E-state index contributed by atoms with van der Waals surface area (Å²) in [5, 5.41) is 0. The maximum absolute atomic E-state index is 4.01. The Hall–Kier alpha value is -0.850. The molecule has 12 heavy (non-hydrogen) atoms. The lowest BCUT2D eigenvalue weighted by Gasteiger charge is -2.13. The summed E-state index contributed by atoms with van der Waals surface area (Å²) in [7, 11) is 0. The minimum Gasteiger partial charge on any atom is -0.265 e. The van der Waals surface area contributed by atoms with Crippen molar-refractivity contribution in [1.29, 1.82) is 0 Å². The Morgan fingerprint density at radius 3 is 2.25 bits per heavy atom. The van der Waals surface area contributed by atoms with Gasteiger partial charge in [0.2, 0.25) is 0 Å². The average Bonchev–Trinajstić information content (AvgIpc) is 2.05. The molecule has 1 aromatic rings. The van der Waals surface area contributed by atoms with Crippen LogP contribution in [0.25, 0.3) is 0 Å². The summed E-state index contributed by atoms with van der Waals surface area (Å²) in [4.78, 5) is 4.01. The summed E-state index contributed by atoms with van der Waals surface area (Å²) in [6, 6.07) is 4.21. The van der Waals surface area contributed by atoms with Crippen LogP contribution in [-0.4, -0.2) is 4.98 Å². The normalized spacial score (nSPS) is 13.3. The predicted octanol–water partition coefficient (Wildman–Crippen LogP) is 3.23. The third-order valence-corrected chi connectivity index (χ3v) is 2.10. The first kappa shape index (κ1) is 9.24. The fourth-order valence-electron chi connectivity index (χ4n) is 1.54. The lowest BCUT2D eigenvalue weighted by molar-refractivity contribution is 0.523. The van der Waals surface area contributed by atoms with Gasteiger partial charge in [-0.1, -0.05) is 20.8 Å². The molecule has 0 aromatic carbocycles. The summed E-state index contributed by atoms with van der Waals surface area (Å²) in [6.45, 7) is 6.80. The molecule has 1 nitrogen and oxygen atoms in total. The first-order valence-electron chi connectivity index (χ1n) is 4.60. The maximum atomic E-state index is 4.01. The quantitative estimate of drug-likeness (QED) is 0.666. The fraction of sp³-hybridized carbons (Fsp3) is 0.545. The van der Waals surface area contributed by atoms with Gasteiger partial charge >= 0.3 is 0 Å². The second-order valence-electron chi connectivity index (χ2n) is 3.81. The standard InChI is InChI=1S/C11H17N/c1-9(2)8-10(3)11-4-6-12-7-5-11/h4-7,9-10H,8H2,1-3H3/t10-/m1/s1. The summed E-state index contributed by atoms with van der Waals surface area (Å²) >= 11 is 0. The van der Waals surface area contributed by atoms with Gasteiger partial charge in [0, 0.05) is 12.4 Å². The van der Waals surface area contributed by atoms with Gasteiger partial charge in [-0.3, -0.25) is 4.98 Å². The van der Waals surface area contributed by atoms with Gasteiger partial charge in [0.15, 0.2) is 0 Å². The van der Waals surface area contributed by atoms with Crippen LogP contribution in [0.15, 0.2) is 24.5 Å². The molecule has 0 fully saturated rings. The van der Waals surface area contributed by atoms with Crippen molar-refractivity contribution in [1.82, 2.24) is 4.98 Å². The van der Waals surface area contributed by atoms with E-state index in [9.17, 15) is 0 Å². The highest BCUT2D eigenvalue weighted by molar-refractivity contribution is 5.14. The van der Waals surface area contributed by atoms with Crippen LogP contribution in [0.3, 0.4) is 0 Å². The van der Waals surface area contributed by atoms with Crippen molar-refractivity contribution in [2.24, 2.45) is 5.92 Å². The molecule has 1 atom stereocenters. The third kappa shape index (κ3) is 2.65. The SMILES string of the molecule is CC(C)C[C@@H](C)c1ccncc1. The van der Waals surface area contributed by atoms with Gasteiger partial charge < -0.3 is 0 Å². The summed E-state index contributed by atoms with van der Waals surface area (Å²) in [5.74, 6) is 1.43. The van der Waals surface area contributed by atoms with Crippen molar-refractivity contribution < 1.29 is 0 Å². The smallest absolute Gasteiger partial charge is 0.0270 e. The van der Waals surface area contributed by atoms with Crippen molar-refractivity contribution in [3.8, 4) is 0 Å². The van der Waals surface area contributed by atoms with Gasteiger partial charge in [0.25, 0.3) is 0 Å². The topological polar surface area (TPSA) is 12.9 Å². The van der Waals surface area contributed by atoms with Crippen LogP contribution in [0.1, 0.15) is 38.7 Å². The van der Waals surface area contributed by atoms with E-state index in [0.717, 1.165) is 5.92 Å². The first-order chi connectivity index (χ1) is 5.70. The molecule has 0 radical (unpaired) electrons. The Balaban J connectivity index is 2.59. The highest BCUT2D eigenvalue weighted by Gasteiger charge is 2.06. The van der Waals surface area contributed by atoms with Crippen molar-refractivity contribution in [3.05, 3.63) is 30.1 Å². The Kier molecular flexibility index (Phi) is 3.27. The van der Waals surface area contributed by atoms with Crippen LogP contribution >= 0.6 is 0 Å². The second-order valence-corrected chi connectivity index (χ2v) is 3.81. The summed E-state index contributed by atoms with van der Waals surface area (Å²) in [5.41, 5.74) is 1.40. The summed E-state index contributed by atoms with van der Waals surface area (Å²) < 4.78 is 0. The summed E-state index contributed by atoms with van der Waals surface area (Å²) in [6.07, 6.45) is 4.99. The highest BCUT2D eigenvalue weighted by atomic mass is 14.6. The van der Waals surface area contributed by atoms with Crippen molar-refractivity contribution in [2.45, 2.75) is 33.1 Å². The number of hydrogen-bond acceptors (Lipinski definition) is 1. The molecule has 1 rings (SSSR count). The average molecular weight is 163 g/mol. The number of aromatic nitrogens is 1. The van der Waals surface area contributed by atoms with Gasteiger partial charge in [-0.15, -0.1) is 0 Å². The number of pyridine rings is 1. The van der Waals surface area contributed by atoms with Crippen LogP contribution < -0.4 is 0 Å². The molecule has 0 N–H and O–H groups in total. The van der Waals surface area contributed by atoms with E-state index in [1.54, 1.807) is 0 Å². The van der Waals surface area contributed by atoms with E-state index >= 15 is 0 Å².